The number of guanidine groups is 1. The number of nitrogens with two attached hydrogens (primary N) is 2. The molecule has 0 saturated heterocycles. The highest BCUT2D eigenvalue weighted by molar-refractivity contribution is 9.10. The van der Waals surface area contributed by atoms with Crippen molar-refractivity contribution in [3.63, 3.8) is 0 Å². The summed E-state index contributed by atoms with van der Waals surface area (Å²) >= 11 is 3.26. The molecule has 88 valence electrons. The summed E-state index contributed by atoms with van der Waals surface area (Å²) in [5.74, 6) is -1.03. The topological polar surface area (TPSA) is 115 Å². The van der Waals surface area contributed by atoms with E-state index in [0.717, 1.165) is 0 Å². The number of amides is 1. The lowest BCUT2D eigenvalue weighted by atomic mass is 10.1. The van der Waals surface area contributed by atoms with Crippen LogP contribution in [0.2, 0.25) is 0 Å². The standard InChI is InChI=1S/C10H8BrN3O3/c11-5-1-2-6(15)8-7(5)4(3-17-8)9(16)14-10(12)13/h1-3,15H,(H4,12,13,14,16). The minimum Gasteiger partial charge on any atom is -0.504 e. The van der Waals surface area contributed by atoms with Gasteiger partial charge in [0.1, 0.15) is 6.26 Å². The summed E-state index contributed by atoms with van der Waals surface area (Å²) in [7, 11) is 0. The lowest BCUT2D eigenvalue weighted by molar-refractivity contribution is 0.100. The Hall–Kier alpha value is -2.02. The van der Waals surface area contributed by atoms with Gasteiger partial charge >= 0.3 is 0 Å². The average Bonchev–Trinajstić information content (AvgIpc) is 2.68. The summed E-state index contributed by atoms with van der Waals surface area (Å²) in [4.78, 5) is 15.1. The van der Waals surface area contributed by atoms with E-state index >= 15 is 0 Å². The molecule has 0 fully saturated rings. The highest BCUT2D eigenvalue weighted by Gasteiger charge is 2.18. The quantitative estimate of drug-likeness (QED) is 0.542. The summed E-state index contributed by atoms with van der Waals surface area (Å²) in [5.41, 5.74) is 10.6. The predicted molar refractivity (Wildman–Crippen MR) is 65.7 cm³/mol. The second-order valence-corrected chi connectivity index (χ2v) is 4.12. The molecule has 0 spiro atoms. The van der Waals surface area contributed by atoms with E-state index in [4.69, 9.17) is 15.9 Å². The van der Waals surface area contributed by atoms with E-state index in [-0.39, 0.29) is 22.9 Å². The number of halogens is 1. The van der Waals surface area contributed by atoms with Gasteiger partial charge in [-0.2, -0.15) is 4.99 Å². The summed E-state index contributed by atoms with van der Waals surface area (Å²) in [5, 5.41) is 9.99. The molecule has 1 heterocycles. The zero-order valence-electron chi connectivity index (χ0n) is 8.48. The van der Waals surface area contributed by atoms with Crippen LogP contribution in [0.4, 0.5) is 0 Å². The summed E-state index contributed by atoms with van der Waals surface area (Å²) in [6.07, 6.45) is 1.20. The first-order valence-electron chi connectivity index (χ1n) is 4.53. The van der Waals surface area contributed by atoms with Crippen LogP contribution in [-0.4, -0.2) is 17.0 Å². The number of hydrogen-bond acceptors (Lipinski definition) is 3. The molecule has 2 aromatic rings. The van der Waals surface area contributed by atoms with E-state index in [9.17, 15) is 9.90 Å². The maximum Gasteiger partial charge on any atom is 0.284 e. The fourth-order valence-corrected chi connectivity index (χ4v) is 1.96. The highest BCUT2D eigenvalue weighted by Crippen LogP contribution is 2.35. The third-order valence-electron chi connectivity index (χ3n) is 2.11. The maximum atomic E-state index is 11.7. The Labute approximate surface area is 104 Å². The fraction of sp³-hybridized carbons (Fsp3) is 0. The van der Waals surface area contributed by atoms with Crippen molar-refractivity contribution in [2.45, 2.75) is 0 Å². The lowest BCUT2D eigenvalue weighted by Gasteiger charge is -1.98. The molecule has 7 heteroatoms. The molecule has 6 nitrogen and oxygen atoms in total. The van der Waals surface area contributed by atoms with Gasteiger partial charge in [-0.05, 0) is 12.1 Å². The van der Waals surface area contributed by atoms with Crippen LogP contribution in [0.15, 0.2) is 32.3 Å². The van der Waals surface area contributed by atoms with Gasteiger partial charge in [-0.15, -0.1) is 0 Å². The molecule has 1 aromatic heterocycles. The molecular weight excluding hydrogens is 290 g/mol. The third-order valence-corrected chi connectivity index (χ3v) is 2.77. The van der Waals surface area contributed by atoms with Gasteiger partial charge < -0.3 is 21.0 Å². The molecule has 1 amide bonds. The Kier molecular flexibility index (Phi) is 2.76. The van der Waals surface area contributed by atoms with E-state index < -0.39 is 5.91 Å². The monoisotopic (exact) mass is 297 g/mol. The first-order valence-corrected chi connectivity index (χ1v) is 5.32. The van der Waals surface area contributed by atoms with Crippen molar-refractivity contribution < 1.29 is 14.3 Å². The van der Waals surface area contributed by atoms with Gasteiger partial charge in [0.15, 0.2) is 17.3 Å². The molecule has 1 aromatic carbocycles. The van der Waals surface area contributed by atoms with E-state index in [1.165, 1.54) is 12.3 Å². The molecule has 0 aliphatic rings. The minimum absolute atomic E-state index is 0.0630. The Morgan fingerprint density at radius 3 is 2.76 bits per heavy atom. The maximum absolute atomic E-state index is 11.7. The van der Waals surface area contributed by atoms with Crippen molar-refractivity contribution >= 4 is 38.8 Å². The number of aromatic hydroxyl groups is 1. The number of nitrogens with zero attached hydrogens (tertiary/aromatic N) is 1. The Bertz CT molecular complexity index is 629. The average molecular weight is 298 g/mol. The number of phenolic OH excluding ortho intramolecular Hbond substituents is 1. The normalized spacial score (nSPS) is 10.4. The van der Waals surface area contributed by atoms with Gasteiger partial charge in [0.2, 0.25) is 0 Å². The zero-order valence-corrected chi connectivity index (χ0v) is 10.1. The number of aliphatic imine (C=N–C) groups is 1. The molecule has 0 aliphatic carbocycles. The van der Waals surface area contributed by atoms with Crippen LogP contribution in [0.3, 0.4) is 0 Å². The molecule has 5 N–H and O–H groups in total. The van der Waals surface area contributed by atoms with Crippen molar-refractivity contribution in [3.05, 3.63) is 28.4 Å². The van der Waals surface area contributed by atoms with E-state index in [1.54, 1.807) is 6.07 Å². The molecule has 0 atom stereocenters. The van der Waals surface area contributed by atoms with Crippen LogP contribution in [-0.2, 0) is 0 Å². The van der Waals surface area contributed by atoms with Gasteiger partial charge in [-0.3, -0.25) is 4.79 Å². The molecule has 17 heavy (non-hydrogen) atoms. The molecule has 0 aliphatic heterocycles. The largest absolute Gasteiger partial charge is 0.504 e. The number of benzene rings is 1. The van der Waals surface area contributed by atoms with E-state index in [1.807, 2.05) is 0 Å². The second kappa shape index (κ2) is 4.10. The SMILES string of the molecule is NC(N)=NC(=O)c1coc2c(O)ccc(Br)c12. The number of carbonyl (C=O) groups excluding carboxylic acids is 1. The minimum atomic E-state index is -0.630. The van der Waals surface area contributed by atoms with Crippen LogP contribution < -0.4 is 11.5 Å². The molecule has 0 saturated carbocycles. The molecule has 2 rings (SSSR count). The van der Waals surface area contributed by atoms with Crippen LogP contribution >= 0.6 is 15.9 Å². The first-order chi connectivity index (χ1) is 8.00. The van der Waals surface area contributed by atoms with Crippen LogP contribution in [0.1, 0.15) is 10.4 Å². The fourth-order valence-electron chi connectivity index (χ4n) is 1.43. The Morgan fingerprint density at radius 1 is 1.41 bits per heavy atom. The van der Waals surface area contributed by atoms with Crippen molar-refractivity contribution in [2.75, 3.05) is 0 Å². The smallest absolute Gasteiger partial charge is 0.284 e. The van der Waals surface area contributed by atoms with Crippen molar-refractivity contribution in [3.8, 4) is 5.75 Å². The summed E-state index contributed by atoms with van der Waals surface area (Å²) in [6.45, 7) is 0. The van der Waals surface area contributed by atoms with E-state index in [0.29, 0.717) is 9.86 Å². The Balaban J connectivity index is 2.68. The molecule has 0 bridgehead atoms. The summed E-state index contributed by atoms with van der Waals surface area (Å²) < 4.78 is 5.72. The predicted octanol–water partition coefficient (Wildman–Crippen LogP) is 1.31. The number of hydrogen-bond donors (Lipinski definition) is 3. The zero-order chi connectivity index (χ0) is 12.6. The van der Waals surface area contributed by atoms with Crippen LogP contribution in [0.5, 0.6) is 5.75 Å². The number of phenols is 1. The second-order valence-electron chi connectivity index (χ2n) is 3.26. The van der Waals surface area contributed by atoms with E-state index in [2.05, 4.69) is 20.9 Å². The van der Waals surface area contributed by atoms with Crippen molar-refractivity contribution in [2.24, 2.45) is 16.5 Å². The van der Waals surface area contributed by atoms with Gasteiger partial charge in [0, 0.05) is 4.47 Å². The van der Waals surface area contributed by atoms with Gasteiger partial charge in [-0.1, -0.05) is 15.9 Å². The van der Waals surface area contributed by atoms with Crippen molar-refractivity contribution in [1.29, 1.82) is 0 Å². The number of carbonyl (C=O) groups is 1. The van der Waals surface area contributed by atoms with Crippen molar-refractivity contribution in [1.82, 2.24) is 0 Å². The first kappa shape index (κ1) is 11.5. The lowest BCUT2D eigenvalue weighted by Crippen LogP contribution is -2.24. The number of furan rings is 1. The van der Waals surface area contributed by atoms with Gasteiger partial charge in [0.05, 0.1) is 10.9 Å². The highest BCUT2D eigenvalue weighted by atomic mass is 79.9. The molecular formula is C10H8BrN3O3. The molecule has 0 unspecified atom stereocenters. The van der Waals surface area contributed by atoms with Gasteiger partial charge in [0.25, 0.3) is 5.91 Å². The number of rotatable bonds is 1. The van der Waals surface area contributed by atoms with Crippen LogP contribution in [0, 0.1) is 0 Å². The molecule has 0 radical (unpaired) electrons. The Morgan fingerprint density at radius 2 is 2.12 bits per heavy atom. The van der Waals surface area contributed by atoms with Crippen LogP contribution in [0.25, 0.3) is 11.0 Å². The third kappa shape index (κ3) is 1.96. The van der Waals surface area contributed by atoms with Gasteiger partial charge in [-0.25, -0.2) is 0 Å². The number of fused-ring (bicyclic) bond motifs is 1. The summed E-state index contributed by atoms with van der Waals surface area (Å²) in [6, 6.07) is 3.05.